The van der Waals surface area contributed by atoms with Gasteiger partial charge in [-0.05, 0) is 47.2 Å². The summed E-state index contributed by atoms with van der Waals surface area (Å²) in [5, 5.41) is 4.04. The van der Waals surface area contributed by atoms with Gasteiger partial charge in [-0.1, -0.05) is 126 Å². The highest BCUT2D eigenvalue weighted by Gasteiger charge is 2.14. The van der Waals surface area contributed by atoms with Gasteiger partial charge in [0.2, 0.25) is 0 Å². The average Bonchev–Trinajstić information content (AvgIpc) is 3.03. The van der Waals surface area contributed by atoms with Crippen LogP contribution in [-0.4, -0.2) is 29.0 Å². The molecule has 0 saturated heterocycles. The van der Waals surface area contributed by atoms with E-state index in [0.29, 0.717) is 28.2 Å². The van der Waals surface area contributed by atoms with E-state index in [1.54, 1.807) is 0 Å². The second-order valence-electron chi connectivity index (χ2n) is 9.95. The Kier molecular flexibility index (Phi) is 10.6. The molecular formula is C35H33ClN4OS. The number of anilines is 1. The van der Waals surface area contributed by atoms with Crippen molar-refractivity contribution in [2.45, 2.75) is 30.3 Å². The van der Waals surface area contributed by atoms with Gasteiger partial charge in [0.05, 0.1) is 0 Å². The SMILES string of the molecule is O=C(NCCc1ccccc1)c1ccc(CSc2nc(Cl)cc(N(CCc3ccccc3)Cc3ccccc3)n2)cc1. The lowest BCUT2D eigenvalue weighted by atomic mass is 10.1. The highest BCUT2D eigenvalue weighted by Crippen LogP contribution is 2.26. The third-order valence-electron chi connectivity index (χ3n) is 6.84. The van der Waals surface area contributed by atoms with Gasteiger partial charge in [0.25, 0.3) is 5.91 Å². The Balaban J connectivity index is 1.21. The molecule has 42 heavy (non-hydrogen) atoms. The first-order chi connectivity index (χ1) is 20.6. The van der Waals surface area contributed by atoms with Gasteiger partial charge in [0, 0.05) is 37.0 Å². The first-order valence-corrected chi connectivity index (χ1v) is 15.4. The summed E-state index contributed by atoms with van der Waals surface area (Å²) < 4.78 is 0. The molecule has 0 spiro atoms. The molecule has 0 fully saturated rings. The zero-order valence-electron chi connectivity index (χ0n) is 23.3. The minimum atomic E-state index is -0.0676. The van der Waals surface area contributed by atoms with E-state index in [0.717, 1.165) is 37.3 Å². The average molecular weight is 593 g/mol. The normalized spacial score (nSPS) is 10.8. The van der Waals surface area contributed by atoms with E-state index in [1.165, 1.54) is 28.5 Å². The van der Waals surface area contributed by atoms with E-state index in [2.05, 4.69) is 75.9 Å². The second kappa shape index (κ2) is 15.2. The van der Waals surface area contributed by atoms with Gasteiger partial charge in [-0.3, -0.25) is 4.79 Å². The van der Waals surface area contributed by atoms with Crippen LogP contribution in [0.25, 0.3) is 0 Å². The highest BCUT2D eigenvalue weighted by molar-refractivity contribution is 7.98. The Morgan fingerprint density at radius 1 is 0.714 bits per heavy atom. The lowest BCUT2D eigenvalue weighted by Gasteiger charge is -2.24. The number of hydrogen-bond acceptors (Lipinski definition) is 5. The molecule has 1 amide bonds. The molecule has 4 aromatic carbocycles. The Hall–Kier alpha value is -4.13. The fourth-order valence-electron chi connectivity index (χ4n) is 4.57. The van der Waals surface area contributed by atoms with Crippen molar-refractivity contribution in [1.29, 1.82) is 0 Å². The minimum absolute atomic E-state index is 0.0676. The summed E-state index contributed by atoms with van der Waals surface area (Å²) in [6.07, 6.45) is 1.70. The number of hydrogen-bond donors (Lipinski definition) is 1. The molecule has 5 nitrogen and oxygen atoms in total. The van der Waals surface area contributed by atoms with Gasteiger partial charge in [-0.15, -0.1) is 0 Å². The Bertz CT molecular complexity index is 1550. The number of thioether (sulfide) groups is 1. The molecule has 0 aliphatic rings. The fraction of sp³-hybridized carbons (Fsp3) is 0.171. The van der Waals surface area contributed by atoms with Gasteiger partial charge >= 0.3 is 0 Å². The highest BCUT2D eigenvalue weighted by atomic mass is 35.5. The van der Waals surface area contributed by atoms with Crippen molar-refractivity contribution in [2.75, 3.05) is 18.0 Å². The van der Waals surface area contributed by atoms with Gasteiger partial charge in [0.1, 0.15) is 11.0 Å². The molecular weight excluding hydrogens is 560 g/mol. The molecule has 7 heteroatoms. The van der Waals surface area contributed by atoms with Crippen molar-refractivity contribution in [3.63, 3.8) is 0 Å². The molecule has 5 rings (SSSR count). The van der Waals surface area contributed by atoms with Gasteiger partial charge < -0.3 is 10.2 Å². The third-order valence-corrected chi connectivity index (χ3v) is 7.95. The van der Waals surface area contributed by atoms with Crippen molar-refractivity contribution in [3.8, 4) is 0 Å². The van der Waals surface area contributed by atoms with Crippen LogP contribution in [0.4, 0.5) is 5.82 Å². The number of carbonyl (C=O) groups excluding carboxylic acids is 1. The molecule has 0 aliphatic heterocycles. The number of halogens is 1. The van der Waals surface area contributed by atoms with E-state index in [-0.39, 0.29) is 5.91 Å². The van der Waals surface area contributed by atoms with Crippen LogP contribution >= 0.6 is 23.4 Å². The van der Waals surface area contributed by atoms with Crippen molar-refractivity contribution < 1.29 is 4.79 Å². The van der Waals surface area contributed by atoms with E-state index in [4.69, 9.17) is 16.6 Å². The third kappa shape index (κ3) is 8.93. The molecule has 0 bridgehead atoms. The first-order valence-electron chi connectivity index (χ1n) is 14.0. The van der Waals surface area contributed by atoms with Crippen LogP contribution in [0.1, 0.15) is 32.6 Å². The summed E-state index contributed by atoms with van der Waals surface area (Å²) in [6, 6.07) is 40.5. The first kappa shape index (κ1) is 29.4. The number of rotatable bonds is 13. The van der Waals surface area contributed by atoms with Crippen LogP contribution in [0.5, 0.6) is 0 Å². The standard InChI is InChI=1S/C35H33ClN4OS/c36-32-24-33(40(25-29-14-8-3-9-15-29)23-21-28-12-6-2-7-13-28)39-35(38-32)42-26-30-16-18-31(19-17-30)34(41)37-22-20-27-10-4-1-5-11-27/h1-19,24H,20-23,25-26H2,(H,37,41). The number of aromatic nitrogens is 2. The molecule has 0 atom stereocenters. The fourth-order valence-corrected chi connectivity index (χ4v) is 5.60. The Morgan fingerprint density at radius 3 is 1.95 bits per heavy atom. The van der Waals surface area contributed by atoms with E-state index >= 15 is 0 Å². The quantitative estimate of drug-likeness (QED) is 0.0864. The van der Waals surface area contributed by atoms with Crippen LogP contribution in [0.2, 0.25) is 5.15 Å². The van der Waals surface area contributed by atoms with Gasteiger partial charge in [-0.2, -0.15) is 0 Å². The number of benzene rings is 4. The molecule has 1 aromatic heterocycles. The van der Waals surface area contributed by atoms with Gasteiger partial charge in [-0.25, -0.2) is 9.97 Å². The predicted octanol–water partition coefficient (Wildman–Crippen LogP) is 7.64. The summed E-state index contributed by atoms with van der Waals surface area (Å²) in [6.45, 7) is 2.12. The summed E-state index contributed by atoms with van der Waals surface area (Å²) in [7, 11) is 0. The van der Waals surface area contributed by atoms with Crippen LogP contribution in [-0.2, 0) is 25.1 Å². The minimum Gasteiger partial charge on any atom is -0.352 e. The zero-order chi connectivity index (χ0) is 29.0. The Morgan fingerprint density at radius 2 is 1.31 bits per heavy atom. The Labute approximate surface area is 257 Å². The molecule has 0 unspecified atom stereocenters. The second-order valence-corrected chi connectivity index (χ2v) is 11.3. The molecule has 5 aromatic rings. The van der Waals surface area contributed by atoms with Crippen LogP contribution < -0.4 is 10.2 Å². The number of nitrogens with zero attached hydrogens (tertiary/aromatic N) is 3. The van der Waals surface area contributed by atoms with Crippen LogP contribution in [0.15, 0.2) is 126 Å². The maximum Gasteiger partial charge on any atom is 0.251 e. The maximum atomic E-state index is 12.6. The molecule has 1 heterocycles. The monoisotopic (exact) mass is 592 g/mol. The molecule has 1 N–H and O–H groups in total. The molecule has 0 saturated carbocycles. The molecule has 212 valence electrons. The summed E-state index contributed by atoms with van der Waals surface area (Å²) in [5.74, 6) is 1.40. The predicted molar refractivity (Wildman–Crippen MR) is 173 cm³/mol. The van der Waals surface area contributed by atoms with Crippen molar-refractivity contribution in [1.82, 2.24) is 15.3 Å². The van der Waals surface area contributed by atoms with E-state index in [9.17, 15) is 4.79 Å². The zero-order valence-corrected chi connectivity index (χ0v) is 24.9. The van der Waals surface area contributed by atoms with Crippen molar-refractivity contribution >= 4 is 35.1 Å². The lowest BCUT2D eigenvalue weighted by Crippen LogP contribution is -2.26. The van der Waals surface area contributed by atoms with Crippen LogP contribution in [0, 0.1) is 0 Å². The van der Waals surface area contributed by atoms with Gasteiger partial charge in [0.15, 0.2) is 5.16 Å². The van der Waals surface area contributed by atoms with E-state index in [1.807, 2.05) is 60.7 Å². The van der Waals surface area contributed by atoms with E-state index < -0.39 is 0 Å². The number of carbonyl (C=O) groups is 1. The molecule has 0 radical (unpaired) electrons. The summed E-state index contributed by atoms with van der Waals surface area (Å²) in [4.78, 5) is 24.2. The molecule has 0 aliphatic carbocycles. The maximum absolute atomic E-state index is 12.6. The lowest BCUT2D eigenvalue weighted by molar-refractivity contribution is 0.0954. The summed E-state index contributed by atoms with van der Waals surface area (Å²) in [5.41, 5.74) is 5.41. The van der Waals surface area contributed by atoms with Crippen LogP contribution in [0.3, 0.4) is 0 Å². The number of amides is 1. The number of nitrogens with one attached hydrogen (secondary N) is 1. The summed E-state index contributed by atoms with van der Waals surface area (Å²) >= 11 is 8.03. The topological polar surface area (TPSA) is 58.1 Å². The largest absolute Gasteiger partial charge is 0.352 e. The van der Waals surface area contributed by atoms with Crippen molar-refractivity contribution in [3.05, 3.63) is 154 Å². The smallest absolute Gasteiger partial charge is 0.251 e. The van der Waals surface area contributed by atoms with Crippen molar-refractivity contribution in [2.24, 2.45) is 0 Å².